The molecule has 20 heavy (non-hydrogen) atoms. The average molecular weight is 329 g/mol. The molecule has 0 atom stereocenters. The molecular formula is C16H13BrN2O. The molecule has 0 radical (unpaired) electrons. The van der Waals surface area contributed by atoms with Gasteiger partial charge in [-0.05, 0) is 35.9 Å². The Morgan fingerprint density at radius 3 is 3.05 bits per heavy atom. The molecule has 0 fully saturated rings. The second-order valence-corrected chi connectivity index (χ2v) is 5.61. The molecule has 0 saturated heterocycles. The maximum Gasteiger partial charge on any atom is 0.127 e. The molecule has 0 spiro atoms. The van der Waals surface area contributed by atoms with Crippen LogP contribution >= 0.6 is 15.9 Å². The van der Waals surface area contributed by atoms with Crippen molar-refractivity contribution in [1.82, 2.24) is 0 Å². The summed E-state index contributed by atoms with van der Waals surface area (Å²) in [6.07, 6.45) is 0.964. The third-order valence-electron chi connectivity index (χ3n) is 3.30. The Morgan fingerprint density at radius 1 is 1.30 bits per heavy atom. The summed E-state index contributed by atoms with van der Waals surface area (Å²) in [6, 6.07) is 13.8. The Morgan fingerprint density at radius 2 is 2.20 bits per heavy atom. The van der Waals surface area contributed by atoms with Crippen LogP contribution in [-0.4, -0.2) is 6.61 Å². The van der Waals surface area contributed by atoms with Gasteiger partial charge in [0.15, 0.2) is 0 Å². The highest BCUT2D eigenvalue weighted by Crippen LogP contribution is 2.33. The van der Waals surface area contributed by atoms with Crippen LogP contribution in [0.15, 0.2) is 40.9 Å². The molecule has 0 unspecified atom stereocenters. The van der Waals surface area contributed by atoms with Crippen LogP contribution in [-0.2, 0) is 13.0 Å². The number of nitrogens with one attached hydrogen (secondary N) is 1. The molecule has 0 aliphatic carbocycles. The summed E-state index contributed by atoms with van der Waals surface area (Å²) >= 11 is 3.54. The third kappa shape index (κ3) is 2.63. The highest BCUT2D eigenvalue weighted by molar-refractivity contribution is 9.10. The summed E-state index contributed by atoms with van der Waals surface area (Å²) < 4.78 is 6.78. The van der Waals surface area contributed by atoms with E-state index in [0.29, 0.717) is 12.1 Å². The first-order valence-electron chi connectivity index (χ1n) is 6.44. The number of ether oxygens (including phenoxy) is 1. The zero-order valence-electron chi connectivity index (χ0n) is 10.8. The van der Waals surface area contributed by atoms with Gasteiger partial charge in [0, 0.05) is 28.7 Å². The lowest BCUT2D eigenvalue weighted by Gasteiger charge is -2.11. The Hall–Kier alpha value is -1.99. The van der Waals surface area contributed by atoms with Crippen molar-refractivity contribution < 1.29 is 4.74 Å². The molecule has 1 N–H and O–H groups in total. The van der Waals surface area contributed by atoms with Crippen LogP contribution < -0.4 is 10.1 Å². The van der Waals surface area contributed by atoms with Gasteiger partial charge >= 0.3 is 0 Å². The first-order chi connectivity index (χ1) is 9.76. The number of benzene rings is 2. The van der Waals surface area contributed by atoms with Crippen molar-refractivity contribution >= 4 is 21.6 Å². The van der Waals surface area contributed by atoms with E-state index >= 15 is 0 Å². The molecule has 1 aliphatic heterocycles. The highest BCUT2D eigenvalue weighted by Gasteiger charge is 2.17. The Balaban J connectivity index is 1.80. The average Bonchev–Trinajstić information content (AvgIpc) is 2.93. The SMILES string of the molecule is N#Cc1cccc(NCc2cc(Br)cc3c2OCC3)c1. The van der Waals surface area contributed by atoms with Gasteiger partial charge in [-0.15, -0.1) is 0 Å². The molecule has 3 rings (SSSR count). The number of fused-ring (bicyclic) bond motifs is 1. The van der Waals surface area contributed by atoms with Crippen LogP contribution in [0.3, 0.4) is 0 Å². The van der Waals surface area contributed by atoms with E-state index in [0.717, 1.165) is 34.5 Å². The molecule has 2 aromatic carbocycles. The fraction of sp³-hybridized carbons (Fsp3) is 0.188. The molecule has 0 saturated carbocycles. The molecule has 100 valence electrons. The van der Waals surface area contributed by atoms with E-state index < -0.39 is 0 Å². The first kappa shape index (κ1) is 13.0. The summed E-state index contributed by atoms with van der Waals surface area (Å²) in [6.45, 7) is 1.43. The molecule has 3 nitrogen and oxygen atoms in total. The van der Waals surface area contributed by atoms with Crippen LogP contribution in [0, 0.1) is 11.3 Å². The predicted molar refractivity (Wildman–Crippen MR) is 81.8 cm³/mol. The molecule has 2 aromatic rings. The molecule has 4 heteroatoms. The maximum atomic E-state index is 8.91. The van der Waals surface area contributed by atoms with Crippen LogP contribution in [0.1, 0.15) is 16.7 Å². The number of nitrogens with zero attached hydrogens (tertiary/aromatic N) is 1. The second kappa shape index (κ2) is 5.56. The minimum Gasteiger partial charge on any atom is -0.493 e. The largest absolute Gasteiger partial charge is 0.493 e. The minimum atomic E-state index is 0.658. The number of hydrogen-bond acceptors (Lipinski definition) is 3. The maximum absolute atomic E-state index is 8.91. The van der Waals surface area contributed by atoms with E-state index in [4.69, 9.17) is 10.00 Å². The van der Waals surface area contributed by atoms with Crippen molar-refractivity contribution in [2.75, 3.05) is 11.9 Å². The minimum absolute atomic E-state index is 0.658. The van der Waals surface area contributed by atoms with Crippen molar-refractivity contribution in [2.24, 2.45) is 0 Å². The van der Waals surface area contributed by atoms with Gasteiger partial charge in [-0.3, -0.25) is 0 Å². The van der Waals surface area contributed by atoms with Crippen molar-refractivity contribution in [3.05, 3.63) is 57.6 Å². The number of nitriles is 1. The van der Waals surface area contributed by atoms with Gasteiger partial charge in [-0.2, -0.15) is 5.26 Å². The van der Waals surface area contributed by atoms with E-state index in [1.165, 1.54) is 5.56 Å². The van der Waals surface area contributed by atoms with Crippen LogP contribution in [0.4, 0.5) is 5.69 Å². The quantitative estimate of drug-likeness (QED) is 0.930. The molecule has 1 heterocycles. The molecule has 0 aromatic heterocycles. The number of rotatable bonds is 3. The standard InChI is InChI=1S/C16H13BrN2O/c17-14-7-12-4-5-20-16(12)13(8-14)10-19-15-3-1-2-11(6-15)9-18/h1-3,6-8,19H,4-5,10H2. The van der Waals surface area contributed by atoms with Crippen molar-refractivity contribution in [2.45, 2.75) is 13.0 Å². The zero-order chi connectivity index (χ0) is 13.9. The van der Waals surface area contributed by atoms with Gasteiger partial charge in [0.1, 0.15) is 5.75 Å². The van der Waals surface area contributed by atoms with Crippen molar-refractivity contribution in [1.29, 1.82) is 5.26 Å². The van der Waals surface area contributed by atoms with Crippen molar-refractivity contribution in [3.63, 3.8) is 0 Å². The monoisotopic (exact) mass is 328 g/mol. The lowest BCUT2D eigenvalue weighted by Crippen LogP contribution is -2.02. The van der Waals surface area contributed by atoms with Crippen LogP contribution in [0.5, 0.6) is 5.75 Å². The Bertz CT molecular complexity index is 691. The number of anilines is 1. The lowest BCUT2D eigenvalue weighted by atomic mass is 10.1. The fourth-order valence-corrected chi connectivity index (χ4v) is 2.93. The zero-order valence-corrected chi connectivity index (χ0v) is 12.4. The topological polar surface area (TPSA) is 45.0 Å². The van der Waals surface area contributed by atoms with Gasteiger partial charge in [0.2, 0.25) is 0 Å². The van der Waals surface area contributed by atoms with Gasteiger partial charge in [0.25, 0.3) is 0 Å². The summed E-state index contributed by atoms with van der Waals surface area (Å²) in [5.41, 5.74) is 3.98. The third-order valence-corrected chi connectivity index (χ3v) is 3.76. The van der Waals surface area contributed by atoms with Crippen LogP contribution in [0.25, 0.3) is 0 Å². The number of hydrogen-bond donors (Lipinski definition) is 1. The predicted octanol–water partition coefficient (Wildman–Crippen LogP) is 3.87. The lowest BCUT2D eigenvalue weighted by molar-refractivity contribution is 0.354. The summed E-state index contributed by atoms with van der Waals surface area (Å²) in [5.74, 6) is 0.997. The van der Waals surface area contributed by atoms with Gasteiger partial charge in [0.05, 0.1) is 18.2 Å². The fourth-order valence-electron chi connectivity index (χ4n) is 2.37. The first-order valence-corrected chi connectivity index (χ1v) is 7.24. The molecular weight excluding hydrogens is 316 g/mol. The second-order valence-electron chi connectivity index (χ2n) is 4.70. The van der Waals surface area contributed by atoms with E-state index in [9.17, 15) is 0 Å². The summed E-state index contributed by atoms with van der Waals surface area (Å²) in [7, 11) is 0. The van der Waals surface area contributed by atoms with Gasteiger partial charge in [-0.25, -0.2) is 0 Å². The Labute approximate surface area is 126 Å². The molecule has 0 bridgehead atoms. The van der Waals surface area contributed by atoms with Crippen LogP contribution in [0.2, 0.25) is 0 Å². The Kier molecular flexibility index (Phi) is 3.62. The number of halogens is 1. The van der Waals surface area contributed by atoms with Crippen molar-refractivity contribution in [3.8, 4) is 11.8 Å². The van der Waals surface area contributed by atoms with E-state index in [2.05, 4.69) is 39.4 Å². The molecule has 1 aliphatic rings. The van der Waals surface area contributed by atoms with E-state index in [1.807, 2.05) is 18.2 Å². The van der Waals surface area contributed by atoms with Gasteiger partial charge in [-0.1, -0.05) is 22.0 Å². The summed E-state index contributed by atoms with van der Waals surface area (Å²) in [5, 5.41) is 12.2. The normalized spacial score (nSPS) is 12.4. The van der Waals surface area contributed by atoms with E-state index in [-0.39, 0.29) is 0 Å². The van der Waals surface area contributed by atoms with Gasteiger partial charge < -0.3 is 10.1 Å². The highest BCUT2D eigenvalue weighted by atomic mass is 79.9. The van der Waals surface area contributed by atoms with E-state index in [1.54, 1.807) is 6.07 Å². The smallest absolute Gasteiger partial charge is 0.127 e. The summed E-state index contributed by atoms with van der Waals surface area (Å²) in [4.78, 5) is 0. The molecule has 0 amide bonds.